The van der Waals surface area contributed by atoms with E-state index in [2.05, 4.69) is 9.62 Å². The van der Waals surface area contributed by atoms with Crippen molar-refractivity contribution in [3.8, 4) is 11.1 Å². The molecule has 0 aromatic heterocycles. The molecule has 144 valence electrons. The normalized spacial score (nSPS) is 15.6. The largest absolute Gasteiger partial charge is 0.417 e. The third-order valence-electron chi connectivity index (χ3n) is 4.21. The number of hydrogen-bond acceptors (Lipinski definition) is 4. The van der Waals surface area contributed by atoms with Crippen LogP contribution in [-0.2, 0) is 6.18 Å². The van der Waals surface area contributed by atoms with Gasteiger partial charge in [0.15, 0.2) is 0 Å². The first kappa shape index (κ1) is 20.5. The van der Waals surface area contributed by atoms with Crippen LogP contribution in [0.15, 0.2) is 41.3 Å². The fourth-order valence-corrected chi connectivity index (χ4v) is 5.21. The molecule has 1 N–H and O–H groups in total. The SMILES string of the molecule is Cc1cc(NC=S)cc(C(F)(F)F)c1-c1ccc(SN2CCSCC2)cc1. The van der Waals surface area contributed by atoms with Crippen molar-refractivity contribution in [3.63, 3.8) is 0 Å². The number of thioether (sulfide) groups is 1. The number of aryl methyl sites for hydroxylation is 1. The van der Waals surface area contributed by atoms with Crippen LogP contribution in [-0.4, -0.2) is 34.4 Å². The Balaban J connectivity index is 1.91. The Hall–Kier alpha value is -1.22. The fraction of sp³-hybridized carbons (Fsp3) is 0.316. The summed E-state index contributed by atoms with van der Waals surface area (Å²) in [6.45, 7) is 3.72. The summed E-state index contributed by atoms with van der Waals surface area (Å²) in [5.41, 5.74) is 2.22. The summed E-state index contributed by atoms with van der Waals surface area (Å²) in [5, 5.41) is 2.67. The van der Waals surface area contributed by atoms with Gasteiger partial charge in [0.05, 0.1) is 11.1 Å². The molecule has 2 aromatic carbocycles. The molecule has 0 saturated carbocycles. The Morgan fingerprint density at radius 1 is 1.15 bits per heavy atom. The Kier molecular flexibility index (Phi) is 6.73. The molecule has 1 heterocycles. The molecule has 0 amide bonds. The van der Waals surface area contributed by atoms with Crippen LogP contribution < -0.4 is 5.32 Å². The second-order valence-electron chi connectivity index (χ2n) is 6.13. The molecule has 0 aliphatic carbocycles. The number of halogens is 3. The van der Waals surface area contributed by atoms with E-state index in [0.29, 0.717) is 16.8 Å². The highest BCUT2D eigenvalue weighted by Crippen LogP contribution is 2.41. The molecule has 1 fully saturated rings. The smallest absolute Gasteiger partial charge is 0.353 e. The zero-order valence-corrected chi connectivity index (χ0v) is 17.1. The van der Waals surface area contributed by atoms with Gasteiger partial charge in [0.25, 0.3) is 0 Å². The van der Waals surface area contributed by atoms with Gasteiger partial charge in [-0.05, 0) is 59.8 Å². The third-order valence-corrected chi connectivity index (χ3v) is 6.38. The maximum Gasteiger partial charge on any atom is 0.417 e. The third kappa shape index (κ3) is 5.19. The average Bonchev–Trinajstić information content (AvgIpc) is 2.63. The van der Waals surface area contributed by atoms with Crippen molar-refractivity contribution in [2.75, 3.05) is 29.9 Å². The van der Waals surface area contributed by atoms with E-state index in [-0.39, 0.29) is 5.56 Å². The zero-order chi connectivity index (χ0) is 19.4. The average molecular weight is 429 g/mol. The van der Waals surface area contributed by atoms with Gasteiger partial charge in [-0.3, -0.25) is 0 Å². The van der Waals surface area contributed by atoms with Crippen LogP contribution >= 0.6 is 35.9 Å². The van der Waals surface area contributed by atoms with Gasteiger partial charge < -0.3 is 5.32 Å². The van der Waals surface area contributed by atoms with Crippen molar-refractivity contribution in [2.24, 2.45) is 0 Å². The summed E-state index contributed by atoms with van der Waals surface area (Å²) in [4.78, 5) is 1.04. The number of hydrogen-bond donors (Lipinski definition) is 1. The molecule has 27 heavy (non-hydrogen) atoms. The van der Waals surface area contributed by atoms with Gasteiger partial charge in [0.2, 0.25) is 0 Å². The maximum absolute atomic E-state index is 13.6. The Labute approximate surface area is 171 Å². The number of rotatable bonds is 5. The first-order valence-corrected chi connectivity index (χ1v) is 10.8. The summed E-state index contributed by atoms with van der Waals surface area (Å²) in [5.74, 6) is 2.22. The van der Waals surface area contributed by atoms with E-state index >= 15 is 0 Å². The minimum Gasteiger partial charge on any atom is -0.353 e. The summed E-state index contributed by atoms with van der Waals surface area (Å²) in [6.07, 6.45) is -4.45. The first-order valence-electron chi connectivity index (χ1n) is 8.41. The van der Waals surface area contributed by atoms with Crippen molar-refractivity contribution in [3.05, 3.63) is 47.5 Å². The molecule has 0 bridgehead atoms. The minimum absolute atomic E-state index is 0.211. The molecule has 2 nitrogen and oxygen atoms in total. The Morgan fingerprint density at radius 3 is 2.41 bits per heavy atom. The van der Waals surface area contributed by atoms with Gasteiger partial charge in [0.1, 0.15) is 0 Å². The zero-order valence-electron chi connectivity index (χ0n) is 14.7. The molecular formula is C19H19F3N2S3. The fourth-order valence-electron chi connectivity index (χ4n) is 3.01. The molecule has 0 atom stereocenters. The van der Waals surface area contributed by atoms with Crippen molar-refractivity contribution >= 4 is 47.1 Å². The molecule has 0 radical (unpaired) electrons. The number of thiocarbonyl (C=S) groups is 1. The summed E-state index contributed by atoms with van der Waals surface area (Å²) in [7, 11) is 0. The van der Waals surface area contributed by atoms with Crippen LogP contribution in [0, 0.1) is 6.92 Å². The van der Waals surface area contributed by atoms with Gasteiger partial charge in [-0.15, -0.1) is 0 Å². The van der Waals surface area contributed by atoms with E-state index in [1.165, 1.54) is 5.49 Å². The molecule has 1 aliphatic heterocycles. The van der Waals surface area contributed by atoms with E-state index in [0.717, 1.165) is 35.6 Å². The van der Waals surface area contributed by atoms with E-state index in [1.54, 1.807) is 37.1 Å². The van der Waals surface area contributed by atoms with E-state index in [1.807, 2.05) is 23.9 Å². The molecule has 8 heteroatoms. The number of anilines is 1. The van der Waals surface area contributed by atoms with E-state index in [4.69, 9.17) is 12.2 Å². The summed E-state index contributed by atoms with van der Waals surface area (Å²) < 4.78 is 43.2. The van der Waals surface area contributed by atoms with Crippen molar-refractivity contribution in [2.45, 2.75) is 18.0 Å². The van der Waals surface area contributed by atoms with Crippen molar-refractivity contribution < 1.29 is 13.2 Å². The highest BCUT2D eigenvalue weighted by Gasteiger charge is 2.35. The number of alkyl halides is 3. The van der Waals surface area contributed by atoms with Crippen LogP contribution in [0.25, 0.3) is 11.1 Å². The van der Waals surface area contributed by atoms with Crippen molar-refractivity contribution in [1.82, 2.24) is 4.31 Å². The molecule has 2 aromatic rings. The number of benzene rings is 2. The van der Waals surface area contributed by atoms with Crippen LogP contribution in [0.2, 0.25) is 0 Å². The Bertz CT molecular complexity index is 801. The maximum atomic E-state index is 13.6. The number of nitrogens with zero attached hydrogens (tertiary/aromatic N) is 1. The van der Waals surface area contributed by atoms with Gasteiger partial charge in [-0.2, -0.15) is 24.9 Å². The van der Waals surface area contributed by atoms with Gasteiger partial charge >= 0.3 is 6.18 Å². The highest BCUT2D eigenvalue weighted by atomic mass is 32.2. The summed E-state index contributed by atoms with van der Waals surface area (Å²) >= 11 is 8.30. The molecule has 0 unspecified atom stereocenters. The van der Waals surface area contributed by atoms with Crippen LogP contribution in [0.1, 0.15) is 11.1 Å². The number of nitrogens with one attached hydrogen (secondary N) is 1. The van der Waals surface area contributed by atoms with E-state index < -0.39 is 11.7 Å². The molecule has 3 rings (SSSR count). The second-order valence-corrected chi connectivity index (χ2v) is 8.76. The second kappa shape index (κ2) is 8.86. The highest BCUT2D eigenvalue weighted by molar-refractivity contribution is 8.00. The predicted molar refractivity (Wildman–Crippen MR) is 114 cm³/mol. The summed E-state index contributed by atoms with van der Waals surface area (Å²) in [6, 6.07) is 10.1. The lowest BCUT2D eigenvalue weighted by Gasteiger charge is -2.24. The van der Waals surface area contributed by atoms with E-state index in [9.17, 15) is 13.2 Å². The molecule has 1 saturated heterocycles. The van der Waals surface area contributed by atoms with Crippen LogP contribution in [0.4, 0.5) is 18.9 Å². The lowest BCUT2D eigenvalue weighted by Crippen LogP contribution is -2.26. The quantitative estimate of drug-likeness (QED) is 0.455. The van der Waals surface area contributed by atoms with Gasteiger partial charge in [0, 0.05) is 35.2 Å². The molecule has 1 aliphatic rings. The predicted octanol–water partition coefficient (Wildman–Crippen LogP) is 6.11. The van der Waals surface area contributed by atoms with Crippen LogP contribution in [0.5, 0.6) is 0 Å². The standard InChI is InChI=1S/C19H19F3N2S3/c1-13-10-15(23-12-25)11-17(19(20,21)22)18(13)14-2-4-16(5-3-14)27-24-6-8-26-9-7-24/h2-5,10-12H,6-9H2,1H3,(H,23,25). The first-order chi connectivity index (χ1) is 12.9. The topological polar surface area (TPSA) is 15.3 Å². The lowest BCUT2D eigenvalue weighted by molar-refractivity contribution is -0.137. The monoisotopic (exact) mass is 428 g/mol. The lowest BCUT2D eigenvalue weighted by atomic mass is 9.94. The van der Waals surface area contributed by atoms with Gasteiger partial charge in [-0.1, -0.05) is 24.4 Å². The molecule has 0 spiro atoms. The minimum atomic E-state index is -4.45. The van der Waals surface area contributed by atoms with Gasteiger partial charge in [-0.25, -0.2) is 4.31 Å². The molecular weight excluding hydrogens is 409 g/mol. The Morgan fingerprint density at radius 2 is 1.81 bits per heavy atom. The van der Waals surface area contributed by atoms with Crippen molar-refractivity contribution in [1.29, 1.82) is 0 Å². The van der Waals surface area contributed by atoms with Crippen LogP contribution in [0.3, 0.4) is 0 Å².